The molecule has 0 aliphatic rings. The fourth-order valence-corrected chi connectivity index (χ4v) is 4.61. The lowest BCUT2D eigenvalue weighted by atomic mass is 10.1. The van der Waals surface area contributed by atoms with Crippen LogP contribution in [-0.4, -0.2) is 38.8 Å². The van der Waals surface area contributed by atoms with Crippen molar-refractivity contribution in [2.24, 2.45) is 0 Å². The van der Waals surface area contributed by atoms with E-state index in [4.69, 9.17) is 4.74 Å². The van der Waals surface area contributed by atoms with Crippen molar-refractivity contribution in [3.63, 3.8) is 0 Å². The van der Waals surface area contributed by atoms with Crippen molar-refractivity contribution in [1.82, 2.24) is 4.31 Å². The van der Waals surface area contributed by atoms with E-state index >= 15 is 0 Å². The van der Waals surface area contributed by atoms with Crippen LogP contribution in [-0.2, 0) is 16.4 Å². The Kier molecular flexibility index (Phi) is 7.60. The van der Waals surface area contributed by atoms with E-state index in [0.29, 0.717) is 18.8 Å². The number of aryl methyl sites for hydroxylation is 1. The zero-order valence-electron chi connectivity index (χ0n) is 16.9. The number of anilines is 1. The minimum atomic E-state index is -3.76. The van der Waals surface area contributed by atoms with Gasteiger partial charge in [-0.1, -0.05) is 39.3 Å². The third kappa shape index (κ3) is 4.91. The van der Waals surface area contributed by atoms with Crippen molar-refractivity contribution < 1.29 is 17.9 Å². The summed E-state index contributed by atoms with van der Waals surface area (Å²) in [6.07, 6.45) is 2.04. The second kappa shape index (κ2) is 9.71. The molecule has 28 heavy (non-hydrogen) atoms. The van der Waals surface area contributed by atoms with Gasteiger partial charge in [-0.3, -0.25) is 4.79 Å². The van der Waals surface area contributed by atoms with Crippen molar-refractivity contribution in [2.45, 2.75) is 38.5 Å². The third-order valence-corrected chi connectivity index (χ3v) is 6.57. The number of nitrogens with one attached hydrogen (secondary N) is 1. The van der Waals surface area contributed by atoms with Crippen LogP contribution in [0.25, 0.3) is 0 Å². The van der Waals surface area contributed by atoms with Crippen LogP contribution < -0.4 is 10.1 Å². The molecule has 0 aromatic heterocycles. The van der Waals surface area contributed by atoms with Crippen LogP contribution in [0.2, 0.25) is 0 Å². The van der Waals surface area contributed by atoms with Gasteiger partial charge in [-0.25, -0.2) is 8.42 Å². The van der Waals surface area contributed by atoms with Gasteiger partial charge in [0.05, 0.1) is 7.11 Å². The molecule has 152 valence electrons. The number of benzene rings is 2. The molecule has 0 spiro atoms. The molecule has 0 saturated carbocycles. The first kappa shape index (κ1) is 21.9. The van der Waals surface area contributed by atoms with Gasteiger partial charge in [0.1, 0.15) is 10.6 Å². The number of methoxy groups -OCH3 is 1. The number of amides is 1. The molecule has 1 amide bonds. The molecule has 0 fully saturated rings. The van der Waals surface area contributed by atoms with E-state index < -0.39 is 10.0 Å². The molecule has 2 aromatic carbocycles. The molecule has 2 aromatic rings. The molecular weight excluding hydrogens is 376 g/mol. The Hall–Kier alpha value is -2.38. The Morgan fingerprint density at radius 1 is 1.04 bits per heavy atom. The molecule has 0 bridgehead atoms. The number of nitrogens with zero attached hydrogens (tertiary/aromatic N) is 1. The quantitative estimate of drug-likeness (QED) is 0.687. The topological polar surface area (TPSA) is 75.7 Å². The number of ether oxygens (including phenoxy) is 1. The molecular formula is C21H28N2O4S. The Morgan fingerprint density at radius 2 is 1.68 bits per heavy atom. The molecule has 2 rings (SSSR count). The van der Waals surface area contributed by atoms with Crippen LogP contribution in [0.1, 0.15) is 43.1 Å². The van der Waals surface area contributed by atoms with Gasteiger partial charge >= 0.3 is 0 Å². The molecule has 1 N–H and O–H groups in total. The second-order valence-corrected chi connectivity index (χ2v) is 8.26. The van der Waals surface area contributed by atoms with Gasteiger partial charge in [0, 0.05) is 24.3 Å². The van der Waals surface area contributed by atoms with Crippen LogP contribution in [0, 0.1) is 0 Å². The maximum Gasteiger partial charge on any atom is 0.255 e. The molecule has 0 unspecified atom stereocenters. The standard InChI is InChI=1S/C21H28N2O4S/c1-5-8-16-9-12-18(13-10-16)22-21(24)17-11-14-19(27-4)20(15-17)28(25,26)23(6-2)7-3/h9-15H,5-8H2,1-4H3,(H,22,24). The van der Waals surface area contributed by atoms with Crippen molar-refractivity contribution in [2.75, 3.05) is 25.5 Å². The summed E-state index contributed by atoms with van der Waals surface area (Å²) in [6, 6.07) is 12.1. The average Bonchev–Trinajstić information content (AvgIpc) is 2.69. The predicted molar refractivity (Wildman–Crippen MR) is 111 cm³/mol. The average molecular weight is 405 g/mol. The Labute approximate surface area is 167 Å². The van der Waals surface area contributed by atoms with Crippen molar-refractivity contribution in [1.29, 1.82) is 0 Å². The van der Waals surface area contributed by atoms with E-state index in [-0.39, 0.29) is 22.1 Å². The first-order valence-electron chi connectivity index (χ1n) is 9.45. The lowest BCUT2D eigenvalue weighted by Gasteiger charge is -2.20. The Morgan fingerprint density at radius 3 is 2.21 bits per heavy atom. The van der Waals surface area contributed by atoms with E-state index in [2.05, 4.69) is 12.2 Å². The second-order valence-electron chi connectivity index (χ2n) is 6.36. The predicted octanol–water partition coefficient (Wildman–Crippen LogP) is 3.93. The van der Waals surface area contributed by atoms with E-state index in [1.54, 1.807) is 19.9 Å². The summed E-state index contributed by atoms with van der Waals surface area (Å²) in [5.41, 5.74) is 2.12. The number of carbonyl (C=O) groups is 1. The highest BCUT2D eigenvalue weighted by molar-refractivity contribution is 7.89. The molecule has 0 heterocycles. The summed E-state index contributed by atoms with van der Waals surface area (Å²) in [5, 5.41) is 2.81. The maximum absolute atomic E-state index is 12.9. The highest BCUT2D eigenvalue weighted by atomic mass is 32.2. The zero-order chi connectivity index (χ0) is 20.7. The van der Waals surface area contributed by atoms with Crippen LogP contribution in [0.4, 0.5) is 5.69 Å². The van der Waals surface area contributed by atoms with E-state index in [9.17, 15) is 13.2 Å². The summed E-state index contributed by atoms with van der Waals surface area (Å²) in [4.78, 5) is 12.6. The van der Waals surface area contributed by atoms with Gasteiger partial charge in [-0.2, -0.15) is 4.31 Å². The molecule has 6 nitrogen and oxygen atoms in total. The van der Waals surface area contributed by atoms with Crippen molar-refractivity contribution in [3.05, 3.63) is 53.6 Å². The largest absolute Gasteiger partial charge is 0.495 e. The third-order valence-electron chi connectivity index (χ3n) is 4.50. The van der Waals surface area contributed by atoms with Crippen LogP contribution >= 0.6 is 0 Å². The number of carbonyl (C=O) groups excluding carboxylic acids is 1. The van der Waals surface area contributed by atoms with E-state index in [0.717, 1.165) is 12.8 Å². The first-order chi connectivity index (χ1) is 13.4. The molecule has 0 atom stereocenters. The van der Waals surface area contributed by atoms with Gasteiger partial charge in [0.25, 0.3) is 5.91 Å². The van der Waals surface area contributed by atoms with Gasteiger partial charge in [-0.05, 0) is 42.3 Å². The summed E-state index contributed by atoms with van der Waals surface area (Å²) < 4.78 is 32.4. The highest BCUT2D eigenvalue weighted by Gasteiger charge is 2.26. The van der Waals surface area contributed by atoms with Crippen molar-refractivity contribution in [3.8, 4) is 5.75 Å². The van der Waals surface area contributed by atoms with Gasteiger partial charge < -0.3 is 10.1 Å². The first-order valence-corrected chi connectivity index (χ1v) is 10.9. The monoisotopic (exact) mass is 404 g/mol. The summed E-state index contributed by atoms with van der Waals surface area (Å²) in [6.45, 7) is 6.33. The molecule has 0 radical (unpaired) electrons. The number of hydrogen-bond donors (Lipinski definition) is 1. The summed E-state index contributed by atoms with van der Waals surface area (Å²) >= 11 is 0. The summed E-state index contributed by atoms with van der Waals surface area (Å²) in [5.74, 6) is -0.158. The van der Waals surface area contributed by atoms with Gasteiger partial charge in [-0.15, -0.1) is 0 Å². The van der Waals surface area contributed by atoms with Crippen LogP contribution in [0.5, 0.6) is 5.75 Å². The minimum Gasteiger partial charge on any atom is -0.495 e. The normalized spacial score (nSPS) is 11.5. The molecule has 7 heteroatoms. The number of sulfonamides is 1. The van der Waals surface area contributed by atoms with E-state index in [1.165, 1.54) is 29.1 Å². The van der Waals surface area contributed by atoms with Crippen LogP contribution in [0.15, 0.2) is 47.4 Å². The van der Waals surface area contributed by atoms with Crippen molar-refractivity contribution >= 4 is 21.6 Å². The minimum absolute atomic E-state index is 0.00959. The lowest BCUT2D eigenvalue weighted by Crippen LogP contribution is -2.31. The molecule has 0 aliphatic heterocycles. The Bertz CT molecular complexity index is 905. The number of hydrogen-bond acceptors (Lipinski definition) is 4. The maximum atomic E-state index is 12.9. The fourth-order valence-electron chi connectivity index (χ4n) is 2.97. The van der Waals surface area contributed by atoms with E-state index in [1.807, 2.05) is 24.3 Å². The number of rotatable bonds is 9. The Balaban J connectivity index is 2.32. The van der Waals surface area contributed by atoms with Gasteiger partial charge in [0.15, 0.2) is 0 Å². The smallest absolute Gasteiger partial charge is 0.255 e. The van der Waals surface area contributed by atoms with Crippen LogP contribution in [0.3, 0.4) is 0 Å². The SMILES string of the molecule is CCCc1ccc(NC(=O)c2ccc(OC)c(S(=O)(=O)N(CC)CC)c2)cc1. The lowest BCUT2D eigenvalue weighted by molar-refractivity contribution is 0.102. The highest BCUT2D eigenvalue weighted by Crippen LogP contribution is 2.28. The van der Waals surface area contributed by atoms with Gasteiger partial charge in [0.2, 0.25) is 10.0 Å². The molecule has 0 aliphatic carbocycles. The molecule has 0 saturated heterocycles. The summed E-state index contributed by atoms with van der Waals surface area (Å²) in [7, 11) is -2.35. The zero-order valence-corrected chi connectivity index (χ0v) is 17.7. The fraction of sp³-hybridized carbons (Fsp3) is 0.381.